The quantitative estimate of drug-likeness (QED) is 0.744. The van der Waals surface area contributed by atoms with Gasteiger partial charge in [0.25, 0.3) is 0 Å². The lowest BCUT2D eigenvalue weighted by Crippen LogP contribution is -2.47. The molecule has 0 radical (unpaired) electrons. The van der Waals surface area contributed by atoms with Gasteiger partial charge in [-0.2, -0.15) is 0 Å². The van der Waals surface area contributed by atoms with Crippen LogP contribution in [0.4, 0.5) is 23.0 Å². The maximum absolute atomic E-state index is 6.45. The number of piperazine rings is 1. The van der Waals surface area contributed by atoms with Crippen LogP contribution in [0.5, 0.6) is 0 Å². The van der Waals surface area contributed by atoms with E-state index in [-0.39, 0.29) is 0 Å². The molecule has 2 fully saturated rings. The highest BCUT2D eigenvalue weighted by Gasteiger charge is 2.22. The van der Waals surface area contributed by atoms with Gasteiger partial charge in [0.05, 0.1) is 13.2 Å². The van der Waals surface area contributed by atoms with E-state index in [0.717, 1.165) is 77.2 Å². The Morgan fingerprint density at radius 2 is 1.73 bits per heavy atom. The topological polar surface area (TPSA) is 82.8 Å². The molecule has 8 heteroatoms. The van der Waals surface area contributed by atoms with Crippen molar-refractivity contribution in [1.82, 2.24) is 14.9 Å². The highest BCUT2D eigenvalue weighted by atomic mass is 16.5. The molecule has 2 aliphatic heterocycles. The zero-order valence-electron chi connectivity index (χ0n) is 18.1. The van der Waals surface area contributed by atoms with Crippen LogP contribution < -0.4 is 20.9 Å². The number of nitrogen functional groups attached to an aromatic ring is 1. The second kappa shape index (κ2) is 9.49. The predicted octanol–water partition coefficient (Wildman–Crippen LogP) is 1.75. The van der Waals surface area contributed by atoms with Crippen LogP contribution >= 0.6 is 0 Å². The number of aryl methyl sites for hydroxylation is 1. The van der Waals surface area contributed by atoms with Gasteiger partial charge in [-0.05, 0) is 31.0 Å². The Morgan fingerprint density at radius 3 is 2.50 bits per heavy atom. The monoisotopic (exact) mass is 411 g/mol. The van der Waals surface area contributed by atoms with E-state index < -0.39 is 0 Å². The van der Waals surface area contributed by atoms with Crippen molar-refractivity contribution in [1.29, 1.82) is 0 Å². The molecular weight excluding hydrogens is 378 g/mol. The van der Waals surface area contributed by atoms with Crippen molar-refractivity contribution in [2.45, 2.75) is 13.8 Å². The molecule has 0 bridgehead atoms. The normalized spacial score (nSPS) is 17.9. The molecular formula is C22H33N7O. The number of nitrogens with two attached hydrogens (primary N) is 1. The zero-order chi connectivity index (χ0) is 20.9. The number of morpholine rings is 1. The Bertz CT molecular complexity index is 845. The molecule has 0 spiro atoms. The third-order valence-electron chi connectivity index (χ3n) is 6.18. The Balaban J connectivity index is 1.35. The number of rotatable bonds is 6. The number of anilines is 4. The van der Waals surface area contributed by atoms with E-state index in [1.165, 1.54) is 16.8 Å². The first kappa shape index (κ1) is 20.7. The second-order valence-corrected chi connectivity index (χ2v) is 8.03. The molecule has 0 unspecified atom stereocenters. The minimum absolute atomic E-state index is 0.639. The van der Waals surface area contributed by atoms with Crippen molar-refractivity contribution in [2.75, 3.05) is 86.4 Å². The van der Waals surface area contributed by atoms with E-state index in [1.807, 2.05) is 0 Å². The Hall–Kier alpha value is -2.58. The third kappa shape index (κ3) is 4.60. The lowest BCUT2D eigenvalue weighted by molar-refractivity contribution is 0.0398. The fraction of sp³-hybridized carbons (Fsp3) is 0.545. The minimum Gasteiger partial charge on any atom is -0.393 e. The van der Waals surface area contributed by atoms with E-state index in [1.54, 1.807) is 6.33 Å². The summed E-state index contributed by atoms with van der Waals surface area (Å²) in [5.41, 5.74) is 11.1. The highest BCUT2D eigenvalue weighted by molar-refractivity contribution is 5.75. The molecule has 4 rings (SSSR count). The van der Waals surface area contributed by atoms with Gasteiger partial charge in [0, 0.05) is 58.0 Å². The van der Waals surface area contributed by atoms with Gasteiger partial charge in [-0.3, -0.25) is 4.90 Å². The number of aromatic nitrogens is 2. The molecule has 2 aromatic rings. The van der Waals surface area contributed by atoms with Crippen LogP contribution in [0.2, 0.25) is 0 Å². The molecule has 1 aromatic heterocycles. The van der Waals surface area contributed by atoms with E-state index in [9.17, 15) is 0 Å². The van der Waals surface area contributed by atoms with Gasteiger partial charge in [-0.25, -0.2) is 9.97 Å². The predicted molar refractivity (Wildman–Crippen MR) is 123 cm³/mol. The molecule has 0 saturated carbocycles. The highest BCUT2D eigenvalue weighted by Crippen LogP contribution is 2.29. The first-order valence-corrected chi connectivity index (χ1v) is 10.8. The van der Waals surface area contributed by atoms with Crippen LogP contribution in [0.1, 0.15) is 11.1 Å². The summed E-state index contributed by atoms with van der Waals surface area (Å²) in [5.74, 6) is 1.56. The summed E-state index contributed by atoms with van der Waals surface area (Å²) < 4.78 is 5.40. The lowest BCUT2D eigenvalue weighted by atomic mass is 10.1. The lowest BCUT2D eigenvalue weighted by Gasteiger charge is -2.38. The van der Waals surface area contributed by atoms with Crippen molar-refractivity contribution in [3.63, 3.8) is 0 Å². The van der Waals surface area contributed by atoms with E-state index in [0.29, 0.717) is 5.69 Å². The van der Waals surface area contributed by atoms with Crippen molar-refractivity contribution in [3.05, 3.63) is 35.7 Å². The van der Waals surface area contributed by atoms with Gasteiger partial charge < -0.3 is 25.6 Å². The number of hydrogen-bond donors (Lipinski definition) is 2. The van der Waals surface area contributed by atoms with Crippen LogP contribution in [-0.2, 0) is 4.74 Å². The van der Waals surface area contributed by atoms with Crippen molar-refractivity contribution in [3.8, 4) is 0 Å². The summed E-state index contributed by atoms with van der Waals surface area (Å²) in [4.78, 5) is 16.0. The van der Waals surface area contributed by atoms with Gasteiger partial charge in [0.2, 0.25) is 0 Å². The molecule has 0 amide bonds. The van der Waals surface area contributed by atoms with E-state index in [4.69, 9.17) is 10.5 Å². The van der Waals surface area contributed by atoms with Crippen LogP contribution in [0, 0.1) is 13.8 Å². The largest absolute Gasteiger partial charge is 0.393 e. The molecule has 3 heterocycles. The smallest absolute Gasteiger partial charge is 0.157 e. The van der Waals surface area contributed by atoms with Gasteiger partial charge in [-0.15, -0.1) is 0 Å². The average Bonchev–Trinajstić information content (AvgIpc) is 2.78. The van der Waals surface area contributed by atoms with Crippen LogP contribution in [0.25, 0.3) is 0 Å². The Kier molecular flexibility index (Phi) is 6.54. The van der Waals surface area contributed by atoms with Crippen molar-refractivity contribution in [2.24, 2.45) is 0 Å². The summed E-state index contributed by atoms with van der Waals surface area (Å²) >= 11 is 0. The van der Waals surface area contributed by atoms with Crippen LogP contribution in [-0.4, -0.2) is 80.4 Å². The molecule has 30 heavy (non-hydrogen) atoms. The molecule has 1 aromatic carbocycles. The summed E-state index contributed by atoms with van der Waals surface area (Å²) in [6, 6.07) is 6.53. The number of ether oxygens (including phenoxy) is 1. The van der Waals surface area contributed by atoms with Gasteiger partial charge in [-0.1, -0.05) is 12.1 Å². The van der Waals surface area contributed by atoms with Crippen LogP contribution in [0.3, 0.4) is 0 Å². The zero-order valence-corrected chi connectivity index (χ0v) is 18.1. The fourth-order valence-corrected chi connectivity index (χ4v) is 4.17. The number of nitrogens with zero attached hydrogens (tertiary/aromatic N) is 5. The molecule has 0 aliphatic carbocycles. The van der Waals surface area contributed by atoms with Gasteiger partial charge in [0.15, 0.2) is 11.6 Å². The van der Waals surface area contributed by atoms with E-state index >= 15 is 0 Å². The van der Waals surface area contributed by atoms with E-state index in [2.05, 4.69) is 62.0 Å². The Morgan fingerprint density at radius 1 is 1.00 bits per heavy atom. The minimum atomic E-state index is 0.639. The van der Waals surface area contributed by atoms with Gasteiger partial charge in [0.1, 0.15) is 12.0 Å². The SMILES string of the molecule is Cc1cccc(N2CCN(c3ncnc(NCCN4CCOCC4)c3N)CC2)c1C. The summed E-state index contributed by atoms with van der Waals surface area (Å²) in [6.07, 6.45) is 1.61. The molecule has 8 nitrogen and oxygen atoms in total. The fourth-order valence-electron chi connectivity index (χ4n) is 4.17. The van der Waals surface area contributed by atoms with Crippen molar-refractivity contribution < 1.29 is 4.74 Å². The molecule has 2 saturated heterocycles. The summed E-state index contributed by atoms with van der Waals surface area (Å²) in [6.45, 7) is 13.4. The summed E-state index contributed by atoms with van der Waals surface area (Å²) in [7, 11) is 0. The third-order valence-corrected chi connectivity index (χ3v) is 6.18. The first-order chi connectivity index (χ1) is 14.6. The first-order valence-electron chi connectivity index (χ1n) is 10.8. The average molecular weight is 412 g/mol. The maximum Gasteiger partial charge on any atom is 0.157 e. The maximum atomic E-state index is 6.45. The van der Waals surface area contributed by atoms with Crippen molar-refractivity contribution >= 4 is 23.0 Å². The number of hydrogen-bond acceptors (Lipinski definition) is 8. The Labute approximate surface area is 179 Å². The summed E-state index contributed by atoms with van der Waals surface area (Å²) in [5, 5.41) is 3.39. The standard InChI is InChI=1S/C22H33N7O/c1-17-4-3-5-19(18(17)2)28-8-10-29(11-9-28)22-20(23)21(25-16-26-22)24-6-7-27-12-14-30-15-13-27/h3-5,16H,6-15,23H2,1-2H3,(H,24,25,26). The number of nitrogens with one attached hydrogen (secondary N) is 1. The van der Waals surface area contributed by atoms with Gasteiger partial charge >= 0.3 is 0 Å². The molecule has 0 atom stereocenters. The second-order valence-electron chi connectivity index (χ2n) is 8.03. The number of benzene rings is 1. The molecule has 162 valence electrons. The molecule has 2 aliphatic rings. The molecule has 3 N–H and O–H groups in total. The van der Waals surface area contributed by atoms with Crippen LogP contribution in [0.15, 0.2) is 24.5 Å².